The number of halogens is 2. The monoisotopic (exact) mass is 356 g/mol. The summed E-state index contributed by atoms with van der Waals surface area (Å²) in [7, 11) is 0. The van der Waals surface area contributed by atoms with Crippen LogP contribution < -0.4 is 0 Å². The van der Waals surface area contributed by atoms with Gasteiger partial charge in [-0.2, -0.15) is 0 Å². The van der Waals surface area contributed by atoms with Crippen molar-refractivity contribution in [3.8, 4) is 0 Å². The van der Waals surface area contributed by atoms with Gasteiger partial charge in [0.15, 0.2) is 5.54 Å². The Balaban J connectivity index is 2.74. The van der Waals surface area contributed by atoms with Crippen LogP contribution in [0.25, 0.3) is 0 Å². The summed E-state index contributed by atoms with van der Waals surface area (Å²) in [5.74, 6) is -1.18. The standard InChI is InChI=1S/C16H18Cl2N2O3/c1-15(2,3)16(14(22)23,20-7-6-19-9-20)13(21)11-5-4-10(17)8-12(11)18/h4-9,13,21H,1-3H3,(H,22,23). The number of aliphatic carboxylic acids is 1. The fraction of sp³-hybridized carbons (Fsp3) is 0.375. The molecular formula is C16H18Cl2N2O3. The molecule has 2 aromatic rings. The van der Waals surface area contributed by atoms with E-state index in [9.17, 15) is 15.0 Å². The van der Waals surface area contributed by atoms with Crippen LogP contribution in [0, 0.1) is 5.41 Å². The molecule has 23 heavy (non-hydrogen) atoms. The molecule has 0 spiro atoms. The second kappa shape index (κ2) is 6.15. The minimum atomic E-state index is -1.69. The Bertz CT molecular complexity index is 711. The van der Waals surface area contributed by atoms with Crippen molar-refractivity contribution in [2.24, 2.45) is 5.41 Å². The number of aromatic nitrogens is 2. The minimum Gasteiger partial charge on any atom is -0.479 e. The Morgan fingerprint density at radius 3 is 2.39 bits per heavy atom. The number of carboxylic acid groups (broad SMARTS) is 1. The van der Waals surface area contributed by atoms with Crippen LogP contribution in [-0.2, 0) is 10.3 Å². The molecule has 0 saturated heterocycles. The van der Waals surface area contributed by atoms with Crippen molar-refractivity contribution in [3.05, 3.63) is 52.5 Å². The second-order valence-electron chi connectivity index (χ2n) is 6.36. The second-order valence-corrected chi connectivity index (χ2v) is 7.20. The fourth-order valence-electron chi connectivity index (χ4n) is 2.90. The SMILES string of the molecule is CC(C)(C)C(C(=O)O)(C(O)c1ccc(Cl)cc1Cl)n1ccnc1. The third kappa shape index (κ3) is 2.84. The van der Waals surface area contributed by atoms with E-state index in [1.807, 2.05) is 0 Å². The van der Waals surface area contributed by atoms with Gasteiger partial charge in [-0.05, 0) is 17.5 Å². The lowest BCUT2D eigenvalue weighted by Gasteiger charge is -2.45. The van der Waals surface area contributed by atoms with E-state index in [0.29, 0.717) is 10.6 Å². The van der Waals surface area contributed by atoms with Crippen LogP contribution in [0.1, 0.15) is 32.4 Å². The van der Waals surface area contributed by atoms with Crippen molar-refractivity contribution < 1.29 is 15.0 Å². The predicted molar refractivity (Wildman–Crippen MR) is 88.7 cm³/mol. The molecule has 0 fully saturated rings. The van der Waals surface area contributed by atoms with Gasteiger partial charge in [-0.1, -0.05) is 50.0 Å². The van der Waals surface area contributed by atoms with Crippen LogP contribution in [0.3, 0.4) is 0 Å². The maximum atomic E-state index is 12.3. The molecule has 2 atom stereocenters. The molecule has 2 N–H and O–H groups in total. The zero-order chi connectivity index (χ0) is 17.4. The van der Waals surface area contributed by atoms with Crippen LogP contribution in [0.15, 0.2) is 36.9 Å². The molecule has 0 aliphatic heterocycles. The maximum absolute atomic E-state index is 12.3. The van der Waals surface area contributed by atoms with E-state index >= 15 is 0 Å². The van der Waals surface area contributed by atoms with Gasteiger partial charge < -0.3 is 14.8 Å². The van der Waals surface area contributed by atoms with Gasteiger partial charge in [0.2, 0.25) is 0 Å². The molecule has 1 aromatic carbocycles. The molecule has 2 unspecified atom stereocenters. The smallest absolute Gasteiger partial charge is 0.333 e. The Labute approximate surface area is 144 Å². The quantitative estimate of drug-likeness (QED) is 0.874. The third-order valence-corrected chi connectivity index (χ3v) is 4.60. The van der Waals surface area contributed by atoms with E-state index in [1.165, 1.54) is 35.4 Å². The largest absolute Gasteiger partial charge is 0.479 e. The summed E-state index contributed by atoms with van der Waals surface area (Å²) in [6.07, 6.45) is 2.97. The lowest BCUT2D eigenvalue weighted by Crippen LogP contribution is -2.56. The molecule has 0 amide bonds. The summed E-state index contributed by atoms with van der Waals surface area (Å²) in [6, 6.07) is 4.58. The summed E-state index contributed by atoms with van der Waals surface area (Å²) < 4.78 is 1.41. The normalized spacial score (nSPS) is 15.9. The zero-order valence-electron chi connectivity index (χ0n) is 13.0. The van der Waals surface area contributed by atoms with Gasteiger partial charge in [0, 0.05) is 28.0 Å². The lowest BCUT2D eigenvalue weighted by atomic mass is 9.68. The van der Waals surface area contributed by atoms with Gasteiger partial charge in [-0.15, -0.1) is 0 Å². The molecule has 0 bridgehead atoms. The van der Waals surface area contributed by atoms with Crippen LogP contribution in [0.5, 0.6) is 0 Å². The Kier molecular flexibility index (Phi) is 4.76. The molecule has 0 radical (unpaired) electrons. The number of carboxylic acids is 1. The molecule has 1 heterocycles. The lowest BCUT2D eigenvalue weighted by molar-refractivity contribution is -0.166. The van der Waals surface area contributed by atoms with Gasteiger partial charge in [0.05, 0.1) is 6.33 Å². The van der Waals surface area contributed by atoms with Gasteiger partial charge in [-0.25, -0.2) is 9.78 Å². The maximum Gasteiger partial charge on any atom is 0.333 e. The van der Waals surface area contributed by atoms with Crippen molar-refractivity contribution in [1.82, 2.24) is 9.55 Å². The number of nitrogens with zero attached hydrogens (tertiary/aromatic N) is 2. The number of rotatable bonds is 4. The van der Waals surface area contributed by atoms with E-state index in [-0.39, 0.29) is 5.02 Å². The van der Waals surface area contributed by atoms with E-state index in [2.05, 4.69) is 4.98 Å². The summed E-state index contributed by atoms with van der Waals surface area (Å²) >= 11 is 12.1. The Morgan fingerprint density at radius 2 is 1.96 bits per heavy atom. The highest BCUT2D eigenvalue weighted by atomic mass is 35.5. The van der Waals surface area contributed by atoms with Crippen LogP contribution in [0.2, 0.25) is 10.0 Å². The first kappa shape index (κ1) is 17.8. The molecule has 1 aromatic heterocycles. The number of aliphatic hydroxyl groups is 1. The average molecular weight is 357 g/mol. The molecule has 2 rings (SSSR count). The van der Waals surface area contributed by atoms with E-state index in [0.717, 1.165) is 0 Å². The minimum absolute atomic E-state index is 0.208. The number of carbonyl (C=O) groups is 1. The summed E-state index contributed by atoms with van der Waals surface area (Å²) in [4.78, 5) is 16.2. The zero-order valence-corrected chi connectivity index (χ0v) is 14.5. The first-order valence-electron chi connectivity index (χ1n) is 6.97. The number of aliphatic hydroxyl groups excluding tert-OH is 1. The molecule has 5 nitrogen and oxygen atoms in total. The molecule has 7 heteroatoms. The molecule has 0 aliphatic rings. The van der Waals surface area contributed by atoms with Crippen molar-refractivity contribution in [1.29, 1.82) is 0 Å². The molecular weight excluding hydrogens is 339 g/mol. The van der Waals surface area contributed by atoms with E-state index < -0.39 is 23.0 Å². The summed E-state index contributed by atoms with van der Waals surface area (Å²) in [5, 5.41) is 21.7. The highest BCUT2D eigenvalue weighted by Gasteiger charge is 2.56. The number of benzene rings is 1. The first-order chi connectivity index (χ1) is 10.6. The van der Waals surface area contributed by atoms with Gasteiger partial charge in [-0.3, -0.25) is 0 Å². The highest BCUT2D eigenvalue weighted by Crippen LogP contribution is 2.48. The van der Waals surface area contributed by atoms with Gasteiger partial charge in [0.25, 0.3) is 0 Å². The number of hydrogen-bond acceptors (Lipinski definition) is 3. The summed E-state index contributed by atoms with van der Waals surface area (Å²) in [6.45, 7) is 5.23. The first-order valence-corrected chi connectivity index (χ1v) is 7.72. The van der Waals surface area contributed by atoms with E-state index in [1.54, 1.807) is 26.8 Å². The van der Waals surface area contributed by atoms with Crippen LogP contribution in [-0.4, -0.2) is 25.7 Å². The summed E-state index contributed by atoms with van der Waals surface area (Å²) in [5.41, 5.74) is -2.25. The molecule has 124 valence electrons. The van der Waals surface area contributed by atoms with Crippen molar-refractivity contribution in [3.63, 3.8) is 0 Å². The molecule has 0 saturated carbocycles. The van der Waals surface area contributed by atoms with Crippen molar-refractivity contribution in [2.45, 2.75) is 32.4 Å². The van der Waals surface area contributed by atoms with Gasteiger partial charge in [0.1, 0.15) is 6.10 Å². The van der Waals surface area contributed by atoms with Crippen LogP contribution >= 0.6 is 23.2 Å². The Hall–Kier alpha value is -1.56. The van der Waals surface area contributed by atoms with E-state index in [4.69, 9.17) is 23.2 Å². The topological polar surface area (TPSA) is 75.3 Å². The highest BCUT2D eigenvalue weighted by molar-refractivity contribution is 6.35. The number of hydrogen-bond donors (Lipinski definition) is 2. The fourth-order valence-corrected chi connectivity index (χ4v) is 3.41. The average Bonchev–Trinajstić information content (AvgIpc) is 2.91. The predicted octanol–water partition coefficient (Wildman–Crippen LogP) is 3.75. The van der Waals surface area contributed by atoms with Crippen LogP contribution in [0.4, 0.5) is 0 Å². The van der Waals surface area contributed by atoms with Crippen molar-refractivity contribution >= 4 is 29.2 Å². The molecule has 0 aliphatic carbocycles. The van der Waals surface area contributed by atoms with Crippen molar-refractivity contribution in [2.75, 3.05) is 0 Å². The third-order valence-electron chi connectivity index (χ3n) is 4.03. The van der Waals surface area contributed by atoms with Gasteiger partial charge >= 0.3 is 5.97 Å². The Morgan fingerprint density at radius 1 is 1.30 bits per heavy atom. The number of imidazole rings is 1.